The molecule has 2 aliphatic heterocycles. The molecule has 6 nitrogen and oxygen atoms in total. The molecule has 0 atom stereocenters. The quantitative estimate of drug-likeness (QED) is 0.744. The molecule has 0 saturated carbocycles. The summed E-state index contributed by atoms with van der Waals surface area (Å²) in [4.78, 5) is 31.7. The van der Waals surface area contributed by atoms with Crippen LogP contribution in [-0.4, -0.2) is 60.9 Å². The number of anilines is 1. The van der Waals surface area contributed by atoms with Gasteiger partial charge in [0.1, 0.15) is 12.4 Å². The summed E-state index contributed by atoms with van der Waals surface area (Å²) in [7, 11) is 0. The molecular weight excluding hydrogens is 390 g/mol. The lowest BCUT2D eigenvalue weighted by atomic mass is 10.1. The Hall–Kier alpha value is -2.86. The first kappa shape index (κ1) is 21.4. The number of aryl methyl sites for hydroxylation is 1. The Labute approximate surface area is 184 Å². The number of amides is 2. The second kappa shape index (κ2) is 9.96. The van der Waals surface area contributed by atoms with Gasteiger partial charge in [-0.15, -0.1) is 0 Å². The average Bonchev–Trinajstić information content (AvgIpc) is 3.04. The predicted molar refractivity (Wildman–Crippen MR) is 121 cm³/mol. The van der Waals surface area contributed by atoms with Crippen LogP contribution in [-0.2, 0) is 16.1 Å². The minimum absolute atomic E-state index is 0.0138. The third kappa shape index (κ3) is 5.25. The van der Waals surface area contributed by atoms with Crippen LogP contribution in [0.1, 0.15) is 30.4 Å². The molecule has 2 aromatic rings. The molecular formula is C25H31N3O3. The number of fused-ring (bicyclic) bond motifs is 1. The number of rotatable bonds is 5. The highest BCUT2D eigenvalue weighted by Crippen LogP contribution is 2.31. The van der Waals surface area contributed by atoms with Crippen molar-refractivity contribution in [3.05, 3.63) is 59.7 Å². The van der Waals surface area contributed by atoms with Crippen molar-refractivity contribution in [3.8, 4) is 5.75 Å². The average molecular weight is 422 g/mol. The Morgan fingerprint density at radius 3 is 2.52 bits per heavy atom. The van der Waals surface area contributed by atoms with E-state index in [-0.39, 0.29) is 24.7 Å². The third-order valence-corrected chi connectivity index (χ3v) is 6.18. The lowest BCUT2D eigenvalue weighted by molar-refractivity contribution is -0.133. The maximum absolute atomic E-state index is 12.8. The lowest BCUT2D eigenvalue weighted by Crippen LogP contribution is -2.39. The lowest BCUT2D eigenvalue weighted by Gasteiger charge is -2.29. The van der Waals surface area contributed by atoms with Crippen LogP contribution in [0.15, 0.2) is 48.5 Å². The molecule has 0 bridgehead atoms. The molecule has 2 amide bonds. The maximum Gasteiger partial charge on any atom is 0.227 e. The van der Waals surface area contributed by atoms with Gasteiger partial charge in [-0.2, -0.15) is 0 Å². The minimum atomic E-state index is -0.0138. The molecule has 0 unspecified atom stereocenters. The van der Waals surface area contributed by atoms with Gasteiger partial charge in [-0.05, 0) is 36.6 Å². The first-order chi connectivity index (χ1) is 15.1. The zero-order valence-corrected chi connectivity index (χ0v) is 18.3. The van der Waals surface area contributed by atoms with Crippen molar-refractivity contribution >= 4 is 17.5 Å². The molecule has 0 aromatic heterocycles. The zero-order chi connectivity index (χ0) is 21.6. The molecule has 164 valence electrons. The molecule has 1 saturated heterocycles. The van der Waals surface area contributed by atoms with E-state index in [0.717, 1.165) is 50.6 Å². The molecule has 2 aliphatic rings. The Bertz CT molecular complexity index is 930. The van der Waals surface area contributed by atoms with Crippen LogP contribution in [0.3, 0.4) is 0 Å². The van der Waals surface area contributed by atoms with Gasteiger partial charge in [-0.3, -0.25) is 14.5 Å². The van der Waals surface area contributed by atoms with Crippen molar-refractivity contribution in [2.45, 2.75) is 32.7 Å². The van der Waals surface area contributed by atoms with E-state index in [2.05, 4.69) is 36.1 Å². The summed E-state index contributed by atoms with van der Waals surface area (Å²) in [6.45, 7) is 7.42. The Kier molecular flexibility index (Phi) is 6.87. The molecule has 0 N–H and O–H groups in total. The van der Waals surface area contributed by atoms with E-state index in [1.807, 2.05) is 29.2 Å². The summed E-state index contributed by atoms with van der Waals surface area (Å²) < 4.78 is 5.62. The number of ether oxygens (including phenoxy) is 1. The van der Waals surface area contributed by atoms with Crippen LogP contribution in [0.4, 0.5) is 5.69 Å². The van der Waals surface area contributed by atoms with Gasteiger partial charge in [0.2, 0.25) is 11.8 Å². The number of benzene rings is 2. The minimum Gasteiger partial charge on any atom is -0.490 e. The van der Waals surface area contributed by atoms with Crippen LogP contribution in [0, 0.1) is 6.92 Å². The second-order valence-electron chi connectivity index (χ2n) is 8.30. The SMILES string of the molecule is Cc1ccccc1CN1CCCN(C(=O)CCC(=O)N2CCOc3ccccc32)CC1. The van der Waals surface area contributed by atoms with E-state index in [9.17, 15) is 9.59 Å². The zero-order valence-electron chi connectivity index (χ0n) is 18.3. The van der Waals surface area contributed by atoms with Gasteiger partial charge in [0.15, 0.2) is 0 Å². The highest BCUT2D eigenvalue weighted by molar-refractivity contribution is 5.97. The fourth-order valence-corrected chi connectivity index (χ4v) is 4.34. The van der Waals surface area contributed by atoms with E-state index in [0.29, 0.717) is 13.2 Å². The number of hydrogen-bond acceptors (Lipinski definition) is 4. The monoisotopic (exact) mass is 421 g/mol. The highest BCUT2D eigenvalue weighted by Gasteiger charge is 2.25. The van der Waals surface area contributed by atoms with Crippen LogP contribution in [0.5, 0.6) is 5.75 Å². The van der Waals surface area contributed by atoms with Gasteiger partial charge in [-0.25, -0.2) is 0 Å². The number of nitrogens with zero attached hydrogens (tertiary/aromatic N) is 3. The Morgan fingerprint density at radius 2 is 1.65 bits per heavy atom. The molecule has 0 aliphatic carbocycles. The number of hydrogen-bond donors (Lipinski definition) is 0. The first-order valence-electron chi connectivity index (χ1n) is 11.2. The summed E-state index contributed by atoms with van der Waals surface area (Å²) >= 11 is 0. The van der Waals surface area contributed by atoms with Crippen LogP contribution < -0.4 is 9.64 Å². The summed E-state index contributed by atoms with van der Waals surface area (Å²) in [5.74, 6) is 0.794. The normalized spacial score (nSPS) is 16.9. The number of carbonyl (C=O) groups is 2. The molecule has 0 spiro atoms. The van der Waals surface area contributed by atoms with E-state index in [1.54, 1.807) is 4.90 Å². The van der Waals surface area contributed by atoms with Gasteiger partial charge < -0.3 is 14.5 Å². The molecule has 31 heavy (non-hydrogen) atoms. The molecule has 2 heterocycles. The van der Waals surface area contributed by atoms with E-state index >= 15 is 0 Å². The molecule has 4 rings (SSSR count). The van der Waals surface area contributed by atoms with Gasteiger partial charge in [0, 0.05) is 45.6 Å². The predicted octanol–water partition coefficient (Wildman–Crippen LogP) is 3.24. The van der Waals surface area contributed by atoms with Crippen LogP contribution in [0.2, 0.25) is 0 Å². The van der Waals surface area contributed by atoms with Gasteiger partial charge >= 0.3 is 0 Å². The number of para-hydroxylation sites is 2. The maximum atomic E-state index is 12.8. The topological polar surface area (TPSA) is 53.1 Å². The molecule has 2 aromatic carbocycles. The Morgan fingerprint density at radius 1 is 0.871 bits per heavy atom. The fraction of sp³-hybridized carbons (Fsp3) is 0.440. The van der Waals surface area contributed by atoms with Gasteiger partial charge in [0.05, 0.1) is 12.2 Å². The molecule has 6 heteroatoms. The Balaban J connectivity index is 1.28. The van der Waals surface area contributed by atoms with E-state index < -0.39 is 0 Å². The van der Waals surface area contributed by atoms with Crippen molar-refractivity contribution in [1.29, 1.82) is 0 Å². The second-order valence-corrected chi connectivity index (χ2v) is 8.30. The smallest absolute Gasteiger partial charge is 0.227 e. The van der Waals surface area contributed by atoms with Gasteiger partial charge in [-0.1, -0.05) is 36.4 Å². The summed E-state index contributed by atoms with van der Waals surface area (Å²) in [5, 5.41) is 0. The van der Waals surface area contributed by atoms with E-state index in [4.69, 9.17) is 4.74 Å². The molecule has 0 radical (unpaired) electrons. The van der Waals surface area contributed by atoms with Gasteiger partial charge in [0.25, 0.3) is 0 Å². The first-order valence-corrected chi connectivity index (χ1v) is 11.2. The van der Waals surface area contributed by atoms with Crippen molar-refractivity contribution in [3.63, 3.8) is 0 Å². The van der Waals surface area contributed by atoms with Crippen molar-refractivity contribution in [2.24, 2.45) is 0 Å². The molecule has 1 fully saturated rings. The van der Waals surface area contributed by atoms with Crippen LogP contribution >= 0.6 is 0 Å². The van der Waals surface area contributed by atoms with E-state index in [1.165, 1.54) is 11.1 Å². The van der Waals surface area contributed by atoms with Crippen molar-refractivity contribution < 1.29 is 14.3 Å². The third-order valence-electron chi connectivity index (χ3n) is 6.18. The fourth-order valence-electron chi connectivity index (χ4n) is 4.34. The van der Waals surface area contributed by atoms with Crippen LogP contribution in [0.25, 0.3) is 0 Å². The van der Waals surface area contributed by atoms with Crippen molar-refractivity contribution in [1.82, 2.24) is 9.80 Å². The standard InChI is InChI=1S/C25H31N3O3/c1-20-7-2-3-8-21(20)19-26-13-6-14-27(16-15-26)24(29)11-12-25(30)28-17-18-31-23-10-5-4-9-22(23)28/h2-5,7-10H,6,11-19H2,1H3. The summed E-state index contributed by atoms with van der Waals surface area (Å²) in [6.07, 6.45) is 1.45. The summed E-state index contributed by atoms with van der Waals surface area (Å²) in [5.41, 5.74) is 3.45. The highest BCUT2D eigenvalue weighted by atomic mass is 16.5. The van der Waals surface area contributed by atoms with Crippen molar-refractivity contribution in [2.75, 3.05) is 44.2 Å². The largest absolute Gasteiger partial charge is 0.490 e. The number of carbonyl (C=O) groups excluding carboxylic acids is 2. The summed E-state index contributed by atoms with van der Waals surface area (Å²) in [6, 6.07) is 16.0.